The van der Waals surface area contributed by atoms with Gasteiger partial charge in [0.2, 0.25) is 5.82 Å². The minimum absolute atomic E-state index is 0.0852. The molecule has 2 aromatic heterocycles. The van der Waals surface area contributed by atoms with Crippen LogP contribution in [0.5, 0.6) is 0 Å². The van der Waals surface area contributed by atoms with Crippen LogP contribution < -0.4 is 10.7 Å². The molecule has 2 N–H and O–H groups in total. The van der Waals surface area contributed by atoms with Crippen LogP contribution in [0.4, 0.5) is 5.69 Å². The van der Waals surface area contributed by atoms with E-state index in [4.69, 9.17) is 0 Å². The quantitative estimate of drug-likeness (QED) is 0.758. The summed E-state index contributed by atoms with van der Waals surface area (Å²) in [6.45, 7) is 5.91. The SMILES string of the molecule is CC(C)(C)n1cnc(C(=O)Nc2ccc3[nH]ccc(=O)c3c2)n1. The monoisotopic (exact) mass is 311 g/mol. The third-order valence-corrected chi connectivity index (χ3v) is 3.40. The molecule has 3 rings (SSSR count). The molecule has 1 amide bonds. The van der Waals surface area contributed by atoms with Crippen molar-refractivity contribution in [1.82, 2.24) is 19.7 Å². The Balaban J connectivity index is 1.87. The lowest BCUT2D eigenvalue weighted by Gasteiger charge is -2.17. The molecule has 23 heavy (non-hydrogen) atoms. The van der Waals surface area contributed by atoms with Crippen molar-refractivity contribution in [2.24, 2.45) is 0 Å². The minimum Gasteiger partial charge on any atom is -0.361 e. The molecule has 0 radical (unpaired) electrons. The zero-order chi connectivity index (χ0) is 16.6. The van der Waals surface area contributed by atoms with Gasteiger partial charge in [0.05, 0.1) is 5.54 Å². The Bertz CT molecular complexity index is 933. The Labute approximate surface area is 132 Å². The van der Waals surface area contributed by atoms with Gasteiger partial charge in [-0.2, -0.15) is 0 Å². The number of anilines is 1. The predicted molar refractivity (Wildman–Crippen MR) is 87.5 cm³/mol. The third-order valence-electron chi connectivity index (χ3n) is 3.40. The van der Waals surface area contributed by atoms with Crippen LogP contribution in [0.2, 0.25) is 0 Å². The molecular weight excluding hydrogens is 294 g/mol. The Morgan fingerprint density at radius 2 is 2.04 bits per heavy atom. The summed E-state index contributed by atoms with van der Waals surface area (Å²) in [5.41, 5.74) is 0.879. The number of carbonyl (C=O) groups is 1. The summed E-state index contributed by atoms with van der Waals surface area (Å²) in [4.78, 5) is 31.1. The highest BCUT2D eigenvalue weighted by Gasteiger charge is 2.18. The highest BCUT2D eigenvalue weighted by atomic mass is 16.2. The molecule has 0 spiro atoms. The van der Waals surface area contributed by atoms with E-state index >= 15 is 0 Å². The van der Waals surface area contributed by atoms with Gasteiger partial charge in [0.1, 0.15) is 6.33 Å². The summed E-state index contributed by atoms with van der Waals surface area (Å²) in [6, 6.07) is 6.54. The zero-order valence-corrected chi connectivity index (χ0v) is 13.1. The molecule has 0 bridgehead atoms. The summed E-state index contributed by atoms with van der Waals surface area (Å²) < 4.78 is 1.63. The molecule has 0 aliphatic carbocycles. The second-order valence-electron chi connectivity index (χ2n) is 6.24. The van der Waals surface area contributed by atoms with Crippen molar-refractivity contribution >= 4 is 22.5 Å². The fourth-order valence-electron chi connectivity index (χ4n) is 2.13. The van der Waals surface area contributed by atoms with Crippen LogP contribution in [0.25, 0.3) is 10.9 Å². The van der Waals surface area contributed by atoms with E-state index in [0.717, 1.165) is 0 Å². The molecule has 7 nitrogen and oxygen atoms in total. The van der Waals surface area contributed by atoms with E-state index in [1.54, 1.807) is 29.1 Å². The molecule has 1 aromatic carbocycles. The van der Waals surface area contributed by atoms with Crippen molar-refractivity contribution in [3.05, 3.63) is 52.8 Å². The van der Waals surface area contributed by atoms with E-state index in [-0.39, 0.29) is 16.8 Å². The smallest absolute Gasteiger partial charge is 0.295 e. The molecule has 0 aliphatic heterocycles. The second-order valence-corrected chi connectivity index (χ2v) is 6.24. The number of amides is 1. The first-order valence-corrected chi connectivity index (χ1v) is 7.19. The number of pyridine rings is 1. The van der Waals surface area contributed by atoms with Gasteiger partial charge in [-0.05, 0) is 39.0 Å². The van der Waals surface area contributed by atoms with Crippen LogP contribution in [-0.2, 0) is 5.54 Å². The van der Waals surface area contributed by atoms with Crippen molar-refractivity contribution in [2.75, 3.05) is 5.32 Å². The summed E-state index contributed by atoms with van der Waals surface area (Å²) in [7, 11) is 0. The molecule has 7 heteroatoms. The normalized spacial score (nSPS) is 11.6. The van der Waals surface area contributed by atoms with E-state index < -0.39 is 5.91 Å². The lowest BCUT2D eigenvalue weighted by atomic mass is 10.1. The van der Waals surface area contributed by atoms with Gasteiger partial charge in [-0.3, -0.25) is 9.59 Å². The van der Waals surface area contributed by atoms with E-state index in [2.05, 4.69) is 20.4 Å². The molecule has 118 valence electrons. The maximum absolute atomic E-state index is 12.2. The molecular formula is C16H17N5O2. The van der Waals surface area contributed by atoms with Gasteiger partial charge in [0, 0.05) is 28.9 Å². The van der Waals surface area contributed by atoms with E-state index in [0.29, 0.717) is 16.6 Å². The Hall–Kier alpha value is -2.96. The van der Waals surface area contributed by atoms with E-state index in [1.807, 2.05) is 20.8 Å². The number of fused-ring (bicyclic) bond motifs is 1. The number of aromatic nitrogens is 4. The average Bonchev–Trinajstić information content (AvgIpc) is 2.98. The van der Waals surface area contributed by atoms with Gasteiger partial charge in [0.25, 0.3) is 5.91 Å². The van der Waals surface area contributed by atoms with Crippen LogP contribution >= 0.6 is 0 Å². The number of aromatic amines is 1. The van der Waals surface area contributed by atoms with Crippen molar-refractivity contribution in [1.29, 1.82) is 0 Å². The summed E-state index contributed by atoms with van der Waals surface area (Å²) in [6.07, 6.45) is 3.12. The lowest BCUT2D eigenvalue weighted by molar-refractivity contribution is 0.101. The largest absolute Gasteiger partial charge is 0.361 e. The van der Waals surface area contributed by atoms with Gasteiger partial charge in [-0.1, -0.05) is 0 Å². The zero-order valence-electron chi connectivity index (χ0n) is 13.1. The standard InChI is InChI=1S/C16H17N5O2/c1-16(2,3)21-9-18-14(20-21)15(23)19-10-4-5-12-11(8-10)13(22)6-7-17-12/h4-9H,1-3H3,(H,17,22)(H,19,23). The Morgan fingerprint density at radius 3 is 2.74 bits per heavy atom. The first kappa shape index (κ1) is 15.0. The molecule has 2 heterocycles. The highest BCUT2D eigenvalue weighted by Crippen LogP contribution is 2.15. The lowest BCUT2D eigenvalue weighted by Crippen LogP contribution is -2.23. The molecule has 0 atom stereocenters. The summed E-state index contributed by atoms with van der Waals surface area (Å²) in [5, 5.41) is 7.41. The van der Waals surface area contributed by atoms with Crippen molar-refractivity contribution in [3.63, 3.8) is 0 Å². The molecule has 0 unspecified atom stereocenters. The van der Waals surface area contributed by atoms with Crippen molar-refractivity contribution in [2.45, 2.75) is 26.3 Å². The predicted octanol–water partition coefficient (Wildman–Crippen LogP) is 2.13. The number of rotatable bonds is 2. The number of benzene rings is 1. The fraction of sp³-hybridized carbons (Fsp3) is 0.250. The molecule has 3 aromatic rings. The van der Waals surface area contributed by atoms with Crippen LogP contribution in [0.3, 0.4) is 0 Å². The Morgan fingerprint density at radius 1 is 1.26 bits per heavy atom. The van der Waals surface area contributed by atoms with Gasteiger partial charge in [-0.15, -0.1) is 5.10 Å². The van der Waals surface area contributed by atoms with E-state index in [1.165, 1.54) is 12.4 Å². The number of nitrogens with one attached hydrogen (secondary N) is 2. The molecule has 0 fully saturated rings. The van der Waals surface area contributed by atoms with Crippen LogP contribution in [0.1, 0.15) is 31.4 Å². The van der Waals surface area contributed by atoms with Gasteiger partial charge in [0.15, 0.2) is 5.43 Å². The molecule has 0 saturated carbocycles. The first-order chi connectivity index (χ1) is 10.8. The number of carbonyl (C=O) groups excluding carboxylic acids is 1. The third kappa shape index (κ3) is 2.98. The maximum Gasteiger partial charge on any atom is 0.295 e. The minimum atomic E-state index is -0.417. The van der Waals surface area contributed by atoms with Gasteiger partial charge >= 0.3 is 0 Å². The van der Waals surface area contributed by atoms with Gasteiger partial charge in [-0.25, -0.2) is 9.67 Å². The highest BCUT2D eigenvalue weighted by molar-refractivity contribution is 6.02. The molecule has 0 saturated heterocycles. The second kappa shape index (κ2) is 5.35. The first-order valence-electron chi connectivity index (χ1n) is 7.19. The van der Waals surface area contributed by atoms with E-state index in [9.17, 15) is 9.59 Å². The van der Waals surface area contributed by atoms with Crippen LogP contribution in [0.15, 0.2) is 41.6 Å². The summed E-state index contributed by atoms with van der Waals surface area (Å²) >= 11 is 0. The number of nitrogens with zero attached hydrogens (tertiary/aromatic N) is 3. The van der Waals surface area contributed by atoms with Gasteiger partial charge < -0.3 is 10.3 Å². The Kier molecular flexibility index (Phi) is 3.48. The van der Waals surface area contributed by atoms with Crippen molar-refractivity contribution in [3.8, 4) is 0 Å². The topological polar surface area (TPSA) is 92.7 Å². The fourth-order valence-corrected chi connectivity index (χ4v) is 2.13. The summed E-state index contributed by atoms with van der Waals surface area (Å²) in [5.74, 6) is -0.332. The number of hydrogen-bond acceptors (Lipinski definition) is 4. The van der Waals surface area contributed by atoms with Crippen LogP contribution in [-0.4, -0.2) is 25.7 Å². The molecule has 0 aliphatic rings. The number of H-pyrrole nitrogens is 1. The number of hydrogen-bond donors (Lipinski definition) is 2. The van der Waals surface area contributed by atoms with Crippen LogP contribution in [0, 0.1) is 0 Å². The van der Waals surface area contributed by atoms with Crippen molar-refractivity contribution < 1.29 is 4.79 Å². The average molecular weight is 311 g/mol. The maximum atomic E-state index is 12.2.